The topological polar surface area (TPSA) is 43.4 Å². The van der Waals surface area contributed by atoms with E-state index in [0.29, 0.717) is 11.5 Å². The summed E-state index contributed by atoms with van der Waals surface area (Å²) in [7, 11) is 0. The number of hydrogen-bond acceptors (Lipinski definition) is 3. The van der Waals surface area contributed by atoms with Crippen molar-refractivity contribution in [1.82, 2.24) is 0 Å². The largest absolute Gasteiger partial charge is 0.458 e. The molecule has 0 aromatic heterocycles. The Balaban J connectivity index is 1.35. The third kappa shape index (κ3) is 3.16. The SMILES string of the molecule is CC(=O)C1=CC[C@H]2C3=C(CC[C@]12C)[C@@]1(C)CCC(OC(=O)c2ccccc2)CC1=CC3. The Labute approximate surface area is 185 Å². The Morgan fingerprint density at radius 1 is 1.06 bits per heavy atom. The third-order valence-corrected chi connectivity index (χ3v) is 8.66. The Kier molecular flexibility index (Phi) is 4.84. The maximum absolute atomic E-state index is 12.5. The van der Waals surface area contributed by atoms with Crippen LogP contribution in [0.15, 0.2) is 64.8 Å². The first-order valence-electron chi connectivity index (χ1n) is 11.7. The Hall–Kier alpha value is -2.42. The summed E-state index contributed by atoms with van der Waals surface area (Å²) in [6.45, 7) is 6.43. The van der Waals surface area contributed by atoms with Gasteiger partial charge in [-0.05, 0) is 69.1 Å². The monoisotopic (exact) mass is 416 g/mol. The number of hydrogen-bond donors (Lipinski definition) is 0. The highest BCUT2D eigenvalue weighted by molar-refractivity contribution is 5.95. The molecule has 0 bridgehead atoms. The van der Waals surface area contributed by atoms with Crippen molar-refractivity contribution in [3.05, 3.63) is 70.3 Å². The predicted octanol–water partition coefficient (Wildman–Crippen LogP) is 6.36. The molecule has 3 heteroatoms. The quantitative estimate of drug-likeness (QED) is 0.425. The molecule has 1 unspecified atom stereocenters. The Bertz CT molecular complexity index is 1030. The maximum Gasteiger partial charge on any atom is 0.338 e. The van der Waals surface area contributed by atoms with Crippen LogP contribution in [0.3, 0.4) is 0 Å². The van der Waals surface area contributed by atoms with Crippen LogP contribution in [0.4, 0.5) is 0 Å². The molecule has 4 aliphatic rings. The van der Waals surface area contributed by atoms with Gasteiger partial charge in [0, 0.05) is 17.3 Å². The van der Waals surface area contributed by atoms with Gasteiger partial charge in [-0.25, -0.2) is 4.79 Å². The van der Waals surface area contributed by atoms with E-state index in [1.807, 2.05) is 30.3 Å². The van der Waals surface area contributed by atoms with Gasteiger partial charge in [0.25, 0.3) is 0 Å². The minimum Gasteiger partial charge on any atom is -0.458 e. The summed E-state index contributed by atoms with van der Waals surface area (Å²) in [6, 6.07) is 9.29. The fourth-order valence-corrected chi connectivity index (χ4v) is 6.91. The van der Waals surface area contributed by atoms with Crippen molar-refractivity contribution in [2.24, 2.45) is 16.7 Å². The zero-order valence-electron chi connectivity index (χ0n) is 18.9. The average Bonchev–Trinajstić information content (AvgIpc) is 3.12. The highest BCUT2D eigenvalue weighted by atomic mass is 16.5. The summed E-state index contributed by atoms with van der Waals surface area (Å²) < 4.78 is 5.89. The number of carbonyl (C=O) groups excluding carboxylic acids is 2. The van der Waals surface area contributed by atoms with E-state index in [-0.39, 0.29) is 28.7 Å². The van der Waals surface area contributed by atoms with E-state index in [1.165, 1.54) is 5.57 Å². The molecule has 1 fully saturated rings. The minimum atomic E-state index is -0.215. The van der Waals surface area contributed by atoms with Crippen LogP contribution >= 0.6 is 0 Å². The second kappa shape index (κ2) is 7.32. The summed E-state index contributed by atoms with van der Waals surface area (Å²) in [5.41, 5.74) is 6.44. The maximum atomic E-state index is 12.5. The molecule has 3 nitrogen and oxygen atoms in total. The highest BCUT2D eigenvalue weighted by Gasteiger charge is 2.52. The zero-order chi connectivity index (χ0) is 21.8. The molecule has 0 N–H and O–H groups in total. The molecule has 1 saturated carbocycles. The normalized spacial score (nSPS) is 34.2. The van der Waals surface area contributed by atoms with Gasteiger partial charge in [0.05, 0.1) is 5.56 Å². The average molecular weight is 417 g/mol. The van der Waals surface area contributed by atoms with E-state index >= 15 is 0 Å². The number of carbonyl (C=O) groups is 2. The van der Waals surface area contributed by atoms with Crippen LogP contribution in [0.5, 0.6) is 0 Å². The smallest absolute Gasteiger partial charge is 0.338 e. The number of allylic oxidation sites excluding steroid dienone is 5. The van der Waals surface area contributed by atoms with Crippen LogP contribution in [0, 0.1) is 16.7 Å². The van der Waals surface area contributed by atoms with Crippen LogP contribution < -0.4 is 0 Å². The van der Waals surface area contributed by atoms with E-state index in [1.54, 1.807) is 18.1 Å². The van der Waals surface area contributed by atoms with Gasteiger partial charge in [-0.2, -0.15) is 0 Å². The van der Waals surface area contributed by atoms with Crippen molar-refractivity contribution >= 4 is 11.8 Å². The van der Waals surface area contributed by atoms with E-state index in [2.05, 4.69) is 26.0 Å². The summed E-state index contributed by atoms with van der Waals surface area (Å²) >= 11 is 0. The highest BCUT2D eigenvalue weighted by Crippen LogP contribution is 2.62. The van der Waals surface area contributed by atoms with Gasteiger partial charge >= 0.3 is 5.97 Å². The summed E-state index contributed by atoms with van der Waals surface area (Å²) in [5.74, 6) is 0.499. The second-order valence-electron chi connectivity index (χ2n) is 10.3. The van der Waals surface area contributed by atoms with Gasteiger partial charge in [0.1, 0.15) is 6.10 Å². The van der Waals surface area contributed by atoms with Crippen molar-refractivity contribution in [3.63, 3.8) is 0 Å². The van der Waals surface area contributed by atoms with E-state index in [9.17, 15) is 9.59 Å². The number of ether oxygens (including phenoxy) is 1. The lowest BCUT2D eigenvalue weighted by atomic mass is 9.54. The third-order valence-electron chi connectivity index (χ3n) is 8.66. The van der Waals surface area contributed by atoms with Gasteiger partial charge in [0.2, 0.25) is 0 Å². The number of Topliss-reactive ketones (excluding diaryl/α,β-unsaturated/α-hetero) is 1. The van der Waals surface area contributed by atoms with Crippen LogP contribution in [0.2, 0.25) is 0 Å². The molecule has 162 valence electrons. The lowest BCUT2D eigenvalue weighted by molar-refractivity contribution is -0.114. The van der Waals surface area contributed by atoms with Crippen molar-refractivity contribution in [1.29, 1.82) is 0 Å². The van der Waals surface area contributed by atoms with Crippen molar-refractivity contribution in [2.75, 3.05) is 0 Å². The summed E-state index contributed by atoms with van der Waals surface area (Å²) in [6.07, 6.45) is 11.5. The molecule has 31 heavy (non-hydrogen) atoms. The number of benzene rings is 1. The molecule has 0 radical (unpaired) electrons. The van der Waals surface area contributed by atoms with Gasteiger partial charge in [-0.3, -0.25) is 4.79 Å². The molecule has 4 atom stereocenters. The Morgan fingerprint density at radius 2 is 1.84 bits per heavy atom. The molecular weight excluding hydrogens is 384 g/mol. The van der Waals surface area contributed by atoms with Gasteiger partial charge in [-0.15, -0.1) is 0 Å². The molecular formula is C28H32O3. The van der Waals surface area contributed by atoms with Crippen molar-refractivity contribution in [3.8, 4) is 0 Å². The fraction of sp³-hybridized carbons (Fsp3) is 0.500. The van der Waals surface area contributed by atoms with Crippen LogP contribution in [-0.4, -0.2) is 17.9 Å². The number of esters is 1. The molecule has 5 rings (SSSR count). The molecule has 0 spiro atoms. The predicted molar refractivity (Wildman–Crippen MR) is 122 cm³/mol. The fourth-order valence-electron chi connectivity index (χ4n) is 6.91. The molecule has 0 saturated heterocycles. The molecule has 0 amide bonds. The Morgan fingerprint density at radius 3 is 2.58 bits per heavy atom. The van der Waals surface area contributed by atoms with Gasteiger partial charge in [0.15, 0.2) is 5.78 Å². The number of ketones is 1. The van der Waals surface area contributed by atoms with E-state index in [0.717, 1.165) is 50.5 Å². The molecule has 4 aliphatic carbocycles. The van der Waals surface area contributed by atoms with E-state index in [4.69, 9.17) is 4.74 Å². The van der Waals surface area contributed by atoms with Crippen molar-refractivity contribution in [2.45, 2.75) is 71.8 Å². The number of fused-ring (bicyclic) bond motifs is 4. The molecule has 0 heterocycles. The van der Waals surface area contributed by atoms with Crippen LogP contribution in [0.1, 0.15) is 76.1 Å². The van der Waals surface area contributed by atoms with Crippen LogP contribution in [-0.2, 0) is 9.53 Å². The lowest BCUT2D eigenvalue weighted by Crippen LogP contribution is -2.41. The van der Waals surface area contributed by atoms with E-state index < -0.39 is 0 Å². The summed E-state index contributed by atoms with van der Waals surface area (Å²) in [4.78, 5) is 24.8. The lowest BCUT2D eigenvalue weighted by Gasteiger charge is -2.51. The first-order valence-corrected chi connectivity index (χ1v) is 11.7. The first kappa shape index (κ1) is 20.5. The first-order chi connectivity index (χ1) is 14.8. The summed E-state index contributed by atoms with van der Waals surface area (Å²) in [5, 5.41) is 0. The minimum absolute atomic E-state index is 0.00872. The van der Waals surface area contributed by atoms with Gasteiger partial charge < -0.3 is 4.74 Å². The zero-order valence-corrected chi connectivity index (χ0v) is 18.9. The molecule has 1 aromatic rings. The standard InChI is InChI=1S/C28H32O3/c1-18(29)23-11-12-24-22-10-9-20-17-21(31-26(30)19-7-5-4-6-8-19)13-15-27(20,2)25(22)14-16-28(23,24)3/h4-9,11,21,24H,10,12-17H2,1-3H3/t21?,24-,27-,28+/m0/s1. The molecule has 0 aliphatic heterocycles. The van der Waals surface area contributed by atoms with Crippen molar-refractivity contribution < 1.29 is 14.3 Å². The van der Waals surface area contributed by atoms with Gasteiger partial charge in [-0.1, -0.05) is 60.9 Å². The molecule has 1 aromatic carbocycles. The number of rotatable bonds is 3. The second-order valence-corrected chi connectivity index (χ2v) is 10.3. The van der Waals surface area contributed by atoms with Crippen LogP contribution in [0.25, 0.3) is 0 Å².